The number of aryl methyl sites for hydroxylation is 1. The topological polar surface area (TPSA) is 96.0 Å². The van der Waals surface area contributed by atoms with Crippen molar-refractivity contribution in [1.82, 2.24) is 0 Å². The molecule has 0 aliphatic carbocycles. The molecule has 0 amide bonds. The first kappa shape index (κ1) is 25.9. The Morgan fingerprint density at radius 2 is 1.59 bits per heavy atom. The molecule has 2 aromatic rings. The van der Waals surface area contributed by atoms with E-state index in [1.165, 1.54) is 24.3 Å². The summed E-state index contributed by atoms with van der Waals surface area (Å²) in [6.45, 7) is 1.74. The van der Waals surface area contributed by atoms with Crippen LogP contribution in [0.15, 0.2) is 35.2 Å². The van der Waals surface area contributed by atoms with Gasteiger partial charge in [-0.15, -0.1) is 22.6 Å². The molecule has 0 radical (unpaired) electrons. The van der Waals surface area contributed by atoms with Crippen LogP contribution in [0.3, 0.4) is 0 Å². The van der Waals surface area contributed by atoms with Gasteiger partial charge in [-0.2, -0.15) is 30.0 Å². The monoisotopic (exact) mass is 558 g/mol. The van der Waals surface area contributed by atoms with E-state index in [1.807, 2.05) is 0 Å². The number of hydrogen-bond acceptors (Lipinski definition) is 7. The van der Waals surface area contributed by atoms with Gasteiger partial charge in [-0.1, -0.05) is 29.8 Å². The molecule has 0 aromatic heterocycles. The van der Waals surface area contributed by atoms with Gasteiger partial charge in [0, 0.05) is 11.5 Å². The van der Waals surface area contributed by atoms with Crippen LogP contribution >= 0.6 is 22.6 Å². The maximum Gasteiger partial charge on any atom is 1.00 e. The van der Waals surface area contributed by atoms with Gasteiger partial charge in [0.15, 0.2) is 0 Å². The van der Waals surface area contributed by atoms with Gasteiger partial charge in [0.1, 0.15) is 4.90 Å². The zero-order valence-corrected chi connectivity index (χ0v) is 18.9. The number of benzene rings is 2. The van der Waals surface area contributed by atoms with Crippen LogP contribution in [0, 0.1) is 16.6 Å². The molecule has 29 heavy (non-hydrogen) atoms. The maximum atomic E-state index is 12.5. The molecule has 0 saturated carbocycles. The second kappa shape index (κ2) is 9.34. The average Bonchev–Trinajstić information content (AvgIpc) is 2.56. The van der Waals surface area contributed by atoms with Crippen molar-refractivity contribution in [2.45, 2.75) is 17.3 Å². The minimum absolute atomic E-state index is 0. The summed E-state index contributed by atoms with van der Waals surface area (Å²) >= 11 is 1.60. The average molecular weight is 558 g/mol. The SMILES string of the molecule is COc1[c-]c(OS(=O)(=O)C(F)(F)F)cc(OS(=O)(=O)c2ccc(C)cc2)c1I.[Li+]. The molecule has 14 heteroatoms. The van der Waals surface area contributed by atoms with Crippen LogP contribution in [0.1, 0.15) is 5.56 Å². The van der Waals surface area contributed by atoms with Gasteiger partial charge in [0.05, 0.1) is 12.9 Å². The zero-order valence-electron chi connectivity index (χ0n) is 15.1. The molecule has 0 aliphatic rings. The van der Waals surface area contributed by atoms with Crippen molar-refractivity contribution in [2.24, 2.45) is 0 Å². The molecule has 0 fully saturated rings. The second-order valence-corrected chi connectivity index (χ2v) is 9.34. The number of methoxy groups -OCH3 is 1. The van der Waals surface area contributed by atoms with E-state index in [0.29, 0.717) is 6.07 Å². The minimum atomic E-state index is -6.00. The summed E-state index contributed by atoms with van der Waals surface area (Å²) in [5.41, 5.74) is -4.90. The standard InChI is InChI=1S/C15H11F3IO7S2.Li/c1-9-3-5-11(6-4-9)27(20,21)26-13-8-10(7-12(24-2)14(13)19)25-28(22,23)15(16,17)18;/h3-6,8H,1-2H3;/q-1;+1. The number of halogens is 4. The van der Waals surface area contributed by atoms with Crippen LogP contribution < -0.4 is 32.0 Å². The van der Waals surface area contributed by atoms with Gasteiger partial charge in [0.25, 0.3) is 0 Å². The van der Waals surface area contributed by atoms with E-state index in [9.17, 15) is 30.0 Å². The normalized spacial score (nSPS) is 12.1. The number of ether oxygens (including phenoxy) is 1. The van der Waals surface area contributed by atoms with Crippen LogP contribution in [-0.2, 0) is 20.2 Å². The number of rotatable bonds is 6. The minimum Gasteiger partial charge on any atom is -0.521 e. The van der Waals surface area contributed by atoms with E-state index in [1.54, 1.807) is 29.5 Å². The van der Waals surface area contributed by atoms with Crippen molar-refractivity contribution < 1.29 is 62.0 Å². The Morgan fingerprint density at radius 1 is 1.03 bits per heavy atom. The summed E-state index contributed by atoms with van der Waals surface area (Å²) in [5, 5.41) is 0. The third kappa shape index (κ3) is 6.17. The molecular formula is C15H11F3ILiO7S2. The fourth-order valence-corrected chi connectivity index (χ4v) is 3.90. The first-order chi connectivity index (χ1) is 12.8. The Balaban J connectivity index is 0.00000420. The molecule has 7 nitrogen and oxygen atoms in total. The molecule has 0 unspecified atom stereocenters. The van der Waals surface area contributed by atoms with Gasteiger partial charge in [-0.25, -0.2) is 0 Å². The van der Waals surface area contributed by atoms with Gasteiger partial charge in [0.2, 0.25) is 0 Å². The van der Waals surface area contributed by atoms with Gasteiger partial charge in [-0.05, 0) is 22.6 Å². The summed E-state index contributed by atoms with van der Waals surface area (Å²) in [5.74, 6) is -1.72. The Bertz CT molecular complexity index is 1090. The molecule has 2 aromatic carbocycles. The van der Waals surface area contributed by atoms with Crippen LogP contribution in [0.2, 0.25) is 0 Å². The van der Waals surface area contributed by atoms with Crippen molar-refractivity contribution in [3.63, 3.8) is 0 Å². The molecule has 0 N–H and O–H groups in total. The first-order valence-electron chi connectivity index (χ1n) is 7.08. The fraction of sp³-hybridized carbons (Fsp3) is 0.200. The van der Waals surface area contributed by atoms with Crippen molar-refractivity contribution >= 4 is 42.8 Å². The molecule has 0 saturated heterocycles. The number of alkyl halides is 3. The van der Waals surface area contributed by atoms with E-state index >= 15 is 0 Å². The zero-order chi connectivity index (χ0) is 21.3. The fourth-order valence-electron chi connectivity index (χ4n) is 1.78. The van der Waals surface area contributed by atoms with Crippen molar-refractivity contribution in [3.05, 3.63) is 45.5 Å². The molecule has 2 rings (SSSR count). The van der Waals surface area contributed by atoms with Crippen LogP contribution in [0.25, 0.3) is 0 Å². The third-order valence-electron chi connectivity index (χ3n) is 3.11. The molecule has 0 bridgehead atoms. The Labute approximate surface area is 191 Å². The largest absolute Gasteiger partial charge is 1.00 e. The maximum absolute atomic E-state index is 12.5. The van der Waals surface area contributed by atoms with Gasteiger partial charge < -0.3 is 13.1 Å². The Morgan fingerprint density at radius 3 is 2.07 bits per heavy atom. The van der Waals surface area contributed by atoms with Gasteiger partial charge >= 0.3 is 44.6 Å². The van der Waals surface area contributed by atoms with E-state index in [0.717, 1.165) is 12.7 Å². The van der Waals surface area contributed by atoms with Crippen molar-refractivity contribution in [3.8, 4) is 17.2 Å². The molecule has 0 aliphatic heterocycles. The predicted molar refractivity (Wildman–Crippen MR) is 99.1 cm³/mol. The quantitative estimate of drug-likeness (QED) is 0.167. The molecule has 0 atom stereocenters. The summed E-state index contributed by atoms with van der Waals surface area (Å²) in [7, 11) is -9.25. The predicted octanol–water partition coefficient (Wildman–Crippen LogP) is 0.409. The molecule has 0 spiro atoms. The Hall–Kier alpha value is -1.14. The third-order valence-corrected chi connectivity index (χ3v) is 6.35. The van der Waals surface area contributed by atoms with Gasteiger partial charge in [-0.3, -0.25) is 0 Å². The summed E-state index contributed by atoms with van der Waals surface area (Å²) < 4.78 is 98.6. The van der Waals surface area contributed by atoms with E-state index in [2.05, 4.69) is 10.2 Å². The smallest absolute Gasteiger partial charge is 0.521 e. The first-order valence-corrected chi connectivity index (χ1v) is 11.0. The molecule has 0 heterocycles. The molecule has 154 valence electrons. The summed E-state index contributed by atoms with van der Waals surface area (Å²) in [4.78, 5) is -0.217. The van der Waals surface area contributed by atoms with E-state index in [4.69, 9.17) is 8.92 Å². The van der Waals surface area contributed by atoms with E-state index in [-0.39, 0.29) is 33.1 Å². The van der Waals surface area contributed by atoms with Crippen LogP contribution in [-0.4, -0.2) is 29.5 Å². The second-order valence-electron chi connectivity index (χ2n) is 5.18. The van der Waals surface area contributed by atoms with E-state index < -0.39 is 37.2 Å². The molecular weight excluding hydrogens is 547 g/mol. The van der Waals surface area contributed by atoms with Crippen molar-refractivity contribution in [1.29, 1.82) is 0 Å². The van der Waals surface area contributed by atoms with Crippen LogP contribution in [0.5, 0.6) is 17.2 Å². The summed E-state index contributed by atoms with van der Waals surface area (Å²) in [6, 6.07) is 8.39. The van der Waals surface area contributed by atoms with Crippen molar-refractivity contribution in [2.75, 3.05) is 7.11 Å². The van der Waals surface area contributed by atoms with Crippen LogP contribution in [0.4, 0.5) is 13.2 Å². The summed E-state index contributed by atoms with van der Waals surface area (Å²) in [6.07, 6.45) is 0. The number of hydrogen-bond donors (Lipinski definition) is 0. The Kier molecular flexibility index (Phi) is 8.34.